The van der Waals surface area contributed by atoms with Crippen molar-refractivity contribution in [3.63, 3.8) is 0 Å². The number of nitrogens with one attached hydrogen (secondary N) is 1. The molecule has 2 aliphatic heterocycles. The van der Waals surface area contributed by atoms with Crippen molar-refractivity contribution in [2.24, 2.45) is 0 Å². The van der Waals surface area contributed by atoms with E-state index >= 15 is 0 Å². The summed E-state index contributed by atoms with van der Waals surface area (Å²) in [6.07, 6.45) is 12.0. The van der Waals surface area contributed by atoms with Crippen molar-refractivity contribution < 1.29 is 4.74 Å². The molecule has 2 saturated heterocycles. The van der Waals surface area contributed by atoms with Gasteiger partial charge in [0.1, 0.15) is 0 Å². The summed E-state index contributed by atoms with van der Waals surface area (Å²) in [5.74, 6) is 0. The summed E-state index contributed by atoms with van der Waals surface area (Å²) in [6.45, 7) is 7.05. The molecular formula is C17H32N2O. The van der Waals surface area contributed by atoms with Crippen LogP contribution in [0.4, 0.5) is 0 Å². The molecule has 3 nitrogen and oxygen atoms in total. The number of hydrogen-bond donors (Lipinski definition) is 1. The van der Waals surface area contributed by atoms with Crippen molar-refractivity contribution in [2.75, 3.05) is 26.2 Å². The van der Waals surface area contributed by atoms with Gasteiger partial charge in [0.25, 0.3) is 0 Å². The second kappa shape index (κ2) is 6.76. The molecule has 0 amide bonds. The summed E-state index contributed by atoms with van der Waals surface area (Å²) in [7, 11) is 0. The van der Waals surface area contributed by atoms with Gasteiger partial charge < -0.3 is 10.1 Å². The molecule has 20 heavy (non-hydrogen) atoms. The smallest absolute Gasteiger partial charge is 0.0697 e. The quantitative estimate of drug-likeness (QED) is 0.838. The van der Waals surface area contributed by atoms with E-state index in [1.54, 1.807) is 0 Å². The molecule has 116 valence electrons. The zero-order valence-electron chi connectivity index (χ0n) is 13.2. The molecule has 0 aromatic carbocycles. The number of piperidine rings is 1. The molecule has 0 bridgehead atoms. The summed E-state index contributed by atoms with van der Waals surface area (Å²) in [5, 5.41) is 3.72. The number of hydrogen-bond acceptors (Lipinski definition) is 3. The van der Waals surface area contributed by atoms with Gasteiger partial charge in [-0.2, -0.15) is 0 Å². The van der Waals surface area contributed by atoms with Crippen LogP contribution in [0.15, 0.2) is 0 Å². The third kappa shape index (κ3) is 3.37. The third-order valence-corrected chi connectivity index (χ3v) is 5.63. The van der Waals surface area contributed by atoms with Gasteiger partial charge in [-0.25, -0.2) is 0 Å². The minimum atomic E-state index is 0.287. The average Bonchev–Trinajstić information content (AvgIpc) is 2.46. The van der Waals surface area contributed by atoms with Crippen LogP contribution in [0, 0.1) is 0 Å². The van der Waals surface area contributed by atoms with E-state index in [4.69, 9.17) is 4.74 Å². The first kappa shape index (κ1) is 14.8. The van der Waals surface area contributed by atoms with Crippen LogP contribution in [0.5, 0.6) is 0 Å². The normalized spacial score (nSPS) is 33.3. The van der Waals surface area contributed by atoms with Gasteiger partial charge >= 0.3 is 0 Å². The summed E-state index contributed by atoms with van der Waals surface area (Å²) in [5.41, 5.74) is 0.287. The van der Waals surface area contributed by atoms with Crippen LogP contribution in [0.3, 0.4) is 0 Å². The van der Waals surface area contributed by atoms with Crippen molar-refractivity contribution in [2.45, 2.75) is 82.4 Å². The van der Waals surface area contributed by atoms with Crippen LogP contribution in [0.25, 0.3) is 0 Å². The minimum absolute atomic E-state index is 0.287. The van der Waals surface area contributed by atoms with Crippen molar-refractivity contribution in [3.8, 4) is 0 Å². The summed E-state index contributed by atoms with van der Waals surface area (Å²) < 4.78 is 6.11. The predicted octanol–water partition coefficient (Wildman–Crippen LogP) is 2.94. The first-order chi connectivity index (χ1) is 9.81. The van der Waals surface area contributed by atoms with E-state index in [0.29, 0.717) is 0 Å². The van der Waals surface area contributed by atoms with E-state index in [2.05, 4.69) is 17.1 Å². The molecule has 0 radical (unpaired) electrons. The number of nitrogens with zero attached hydrogens (tertiary/aromatic N) is 1. The van der Waals surface area contributed by atoms with Crippen LogP contribution in [0.2, 0.25) is 0 Å². The standard InChI is InChI=1S/C17H32N2O/c1-2-11-19(14-15-6-3-4-10-18-15)16-7-12-20-17(13-16)8-5-9-17/h15-16,18H,2-14H2,1H3. The first-order valence-corrected chi connectivity index (χ1v) is 8.93. The molecule has 1 saturated carbocycles. The fraction of sp³-hybridized carbons (Fsp3) is 1.00. The zero-order valence-corrected chi connectivity index (χ0v) is 13.2. The molecular weight excluding hydrogens is 248 g/mol. The van der Waals surface area contributed by atoms with Gasteiger partial charge in [-0.15, -0.1) is 0 Å². The van der Waals surface area contributed by atoms with Gasteiger partial charge in [0.2, 0.25) is 0 Å². The van der Waals surface area contributed by atoms with Crippen LogP contribution in [-0.4, -0.2) is 48.8 Å². The van der Waals surface area contributed by atoms with Crippen molar-refractivity contribution in [1.29, 1.82) is 0 Å². The van der Waals surface area contributed by atoms with Gasteiger partial charge in [0.15, 0.2) is 0 Å². The van der Waals surface area contributed by atoms with Gasteiger partial charge in [0, 0.05) is 25.2 Å². The number of ether oxygens (including phenoxy) is 1. The summed E-state index contributed by atoms with van der Waals surface area (Å²) in [4.78, 5) is 2.78. The molecule has 1 aliphatic carbocycles. The molecule has 1 N–H and O–H groups in total. The first-order valence-electron chi connectivity index (χ1n) is 8.93. The van der Waals surface area contributed by atoms with Gasteiger partial charge in [-0.05, 0) is 64.5 Å². The van der Waals surface area contributed by atoms with Crippen molar-refractivity contribution >= 4 is 0 Å². The summed E-state index contributed by atoms with van der Waals surface area (Å²) in [6, 6.07) is 1.50. The molecule has 3 rings (SSSR count). The maximum atomic E-state index is 6.11. The zero-order chi connectivity index (χ0) is 13.8. The fourth-order valence-corrected chi connectivity index (χ4v) is 4.31. The highest BCUT2D eigenvalue weighted by atomic mass is 16.5. The molecule has 3 aliphatic rings. The monoisotopic (exact) mass is 280 g/mol. The molecule has 2 heterocycles. The molecule has 0 aromatic rings. The molecule has 2 unspecified atom stereocenters. The van der Waals surface area contributed by atoms with Crippen molar-refractivity contribution in [3.05, 3.63) is 0 Å². The Balaban J connectivity index is 1.57. The maximum Gasteiger partial charge on any atom is 0.0697 e. The van der Waals surface area contributed by atoms with E-state index in [1.165, 1.54) is 77.4 Å². The Kier molecular flexibility index (Phi) is 5.00. The Morgan fingerprint density at radius 3 is 2.75 bits per heavy atom. The van der Waals surface area contributed by atoms with Crippen LogP contribution in [0.1, 0.15) is 64.7 Å². The van der Waals surface area contributed by atoms with E-state index in [-0.39, 0.29) is 5.60 Å². The minimum Gasteiger partial charge on any atom is -0.375 e. The van der Waals surface area contributed by atoms with Crippen LogP contribution in [-0.2, 0) is 4.74 Å². The number of rotatable bonds is 5. The molecule has 0 aromatic heterocycles. The third-order valence-electron chi connectivity index (χ3n) is 5.63. The SMILES string of the molecule is CCCN(CC1CCCCN1)C1CCOC2(CCC2)C1. The Morgan fingerprint density at radius 2 is 2.10 bits per heavy atom. The van der Waals surface area contributed by atoms with Crippen LogP contribution < -0.4 is 5.32 Å². The van der Waals surface area contributed by atoms with Crippen molar-refractivity contribution in [1.82, 2.24) is 10.2 Å². The molecule has 1 spiro atoms. The van der Waals surface area contributed by atoms with E-state index in [1.807, 2.05) is 0 Å². The highest BCUT2D eigenvalue weighted by Crippen LogP contribution is 2.43. The van der Waals surface area contributed by atoms with E-state index < -0.39 is 0 Å². The lowest BCUT2D eigenvalue weighted by atomic mass is 9.73. The van der Waals surface area contributed by atoms with E-state index in [9.17, 15) is 0 Å². The highest BCUT2D eigenvalue weighted by Gasteiger charge is 2.43. The van der Waals surface area contributed by atoms with Gasteiger partial charge in [-0.3, -0.25) is 4.90 Å². The Labute approximate surface area is 124 Å². The molecule has 3 fully saturated rings. The topological polar surface area (TPSA) is 24.5 Å². The largest absolute Gasteiger partial charge is 0.375 e. The Hall–Kier alpha value is -0.120. The van der Waals surface area contributed by atoms with Gasteiger partial charge in [-0.1, -0.05) is 13.3 Å². The fourth-order valence-electron chi connectivity index (χ4n) is 4.31. The average molecular weight is 280 g/mol. The van der Waals surface area contributed by atoms with E-state index in [0.717, 1.165) is 18.7 Å². The molecule has 2 atom stereocenters. The Morgan fingerprint density at radius 1 is 1.20 bits per heavy atom. The highest BCUT2D eigenvalue weighted by molar-refractivity contribution is 4.97. The lowest BCUT2D eigenvalue weighted by molar-refractivity contribution is -0.149. The van der Waals surface area contributed by atoms with Gasteiger partial charge in [0.05, 0.1) is 5.60 Å². The lowest BCUT2D eigenvalue weighted by Crippen LogP contribution is -2.54. The Bertz CT molecular complexity index is 297. The second-order valence-corrected chi connectivity index (χ2v) is 7.17. The lowest BCUT2D eigenvalue weighted by Gasteiger charge is -2.50. The molecule has 3 heteroatoms. The predicted molar refractivity (Wildman–Crippen MR) is 83.1 cm³/mol. The second-order valence-electron chi connectivity index (χ2n) is 7.17. The van der Waals surface area contributed by atoms with Crippen LogP contribution >= 0.6 is 0 Å². The summed E-state index contributed by atoms with van der Waals surface area (Å²) >= 11 is 0. The maximum absolute atomic E-state index is 6.11.